The largest absolute Gasteiger partial charge is 0.423 e. The molecule has 2 aromatic rings. The Balaban J connectivity index is 2.00. The molecule has 9 heteroatoms. The normalized spacial score (nSPS) is 21.7. The highest BCUT2D eigenvalue weighted by Crippen LogP contribution is 2.41. The van der Waals surface area contributed by atoms with E-state index in [1.165, 1.54) is 11.5 Å². The van der Waals surface area contributed by atoms with Crippen LogP contribution in [0.5, 0.6) is 0 Å². The molecule has 0 spiro atoms. The van der Waals surface area contributed by atoms with Crippen molar-refractivity contribution in [3.63, 3.8) is 0 Å². The third kappa shape index (κ3) is 2.48. The van der Waals surface area contributed by atoms with E-state index in [1.807, 2.05) is 4.90 Å². The minimum atomic E-state index is -0.139. The number of anilines is 1. The van der Waals surface area contributed by atoms with Crippen molar-refractivity contribution in [1.29, 1.82) is 5.26 Å². The first-order valence-electron chi connectivity index (χ1n) is 6.28. The Kier molecular flexibility index (Phi) is 3.80. The summed E-state index contributed by atoms with van der Waals surface area (Å²) in [6.45, 7) is 2.36. The lowest BCUT2D eigenvalue weighted by atomic mass is 10.2. The van der Waals surface area contributed by atoms with Crippen LogP contribution < -0.4 is 4.90 Å². The second-order valence-electron chi connectivity index (χ2n) is 4.69. The van der Waals surface area contributed by atoms with E-state index in [2.05, 4.69) is 20.6 Å². The van der Waals surface area contributed by atoms with Gasteiger partial charge in [0.25, 0.3) is 0 Å². The van der Waals surface area contributed by atoms with Crippen LogP contribution in [0.4, 0.5) is 5.00 Å². The van der Waals surface area contributed by atoms with Gasteiger partial charge in [0.2, 0.25) is 11.8 Å². The van der Waals surface area contributed by atoms with Crippen molar-refractivity contribution in [2.45, 2.75) is 25.5 Å². The predicted octanol–water partition coefficient (Wildman–Crippen LogP) is 2.33. The standard InChI is InChI=1S/C12H12ClN5O2S/c1-6-15-16-11(20-6)9-3-7(19-2)5-18(9)12-8(4-14)10(13)17-21-12/h7,9H,3,5H2,1-2H3/t7-,9-/m1/s1. The Morgan fingerprint density at radius 2 is 2.33 bits per heavy atom. The second-order valence-corrected chi connectivity index (χ2v) is 5.80. The monoisotopic (exact) mass is 325 g/mol. The highest BCUT2D eigenvalue weighted by atomic mass is 35.5. The molecule has 1 aliphatic heterocycles. The zero-order valence-corrected chi connectivity index (χ0v) is 13.0. The molecule has 1 aliphatic rings. The highest BCUT2D eigenvalue weighted by molar-refractivity contribution is 7.10. The molecule has 21 heavy (non-hydrogen) atoms. The fourth-order valence-electron chi connectivity index (χ4n) is 2.43. The van der Waals surface area contributed by atoms with Crippen molar-refractivity contribution in [1.82, 2.24) is 14.6 Å². The molecule has 0 amide bonds. The van der Waals surface area contributed by atoms with Crippen molar-refractivity contribution in [2.24, 2.45) is 0 Å². The fraction of sp³-hybridized carbons (Fsp3) is 0.500. The quantitative estimate of drug-likeness (QED) is 0.855. The first-order chi connectivity index (χ1) is 10.1. The van der Waals surface area contributed by atoms with Gasteiger partial charge in [-0.2, -0.15) is 9.64 Å². The molecule has 2 aromatic heterocycles. The topological polar surface area (TPSA) is 88.1 Å². The molecule has 0 N–H and O–H groups in total. The lowest BCUT2D eigenvalue weighted by Gasteiger charge is -2.21. The summed E-state index contributed by atoms with van der Waals surface area (Å²) >= 11 is 7.15. The average molecular weight is 326 g/mol. The maximum Gasteiger partial charge on any atom is 0.238 e. The predicted molar refractivity (Wildman–Crippen MR) is 76.4 cm³/mol. The van der Waals surface area contributed by atoms with Crippen molar-refractivity contribution < 1.29 is 9.15 Å². The van der Waals surface area contributed by atoms with Gasteiger partial charge in [-0.25, -0.2) is 0 Å². The lowest BCUT2D eigenvalue weighted by Crippen LogP contribution is -2.24. The SMILES string of the molecule is CO[C@@H]1C[C@H](c2nnc(C)o2)N(c2snc(Cl)c2C#N)C1. The zero-order valence-electron chi connectivity index (χ0n) is 11.4. The van der Waals surface area contributed by atoms with Gasteiger partial charge >= 0.3 is 0 Å². The first-order valence-corrected chi connectivity index (χ1v) is 7.44. The molecule has 110 valence electrons. The summed E-state index contributed by atoms with van der Waals surface area (Å²) in [5.74, 6) is 1.02. The van der Waals surface area contributed by atoms with E-state index in [0.29, 0.717) is 35.3 Å². The molecule has 1 fully saturated rings. The van der Waals surface area contributed by atoms with E-state index in [9.17, 15) is 5.26 Å². The van der Waals surface area contributed by atoms with Gasteiger partial charge in [-0.3, -0.25) is 0 Å². The number of nitrogens with zero attached hydrogens (tertiary/aromatic N) is 5. The van der Waals surface area contributed by atoms with Crippen LogP contribution in [0.3, 0.4) is 0 Å². The van der Waals surface area contributed by atoms with E-state index in [0.717, 1.165) is 0 Å². The third-order valence-corrected chi connectivity index (χ3v) is 4.69. The summed E-state index contributed by atoms with van der Waals surface area (Å²) in [4.78, 5) is 2.00. The minimum absolute atomic E-state index is 0.0228. The fourth-order valence-corrected chi connectivity index (χ4v) is 3.52. The Morgan fingerprint density at radius 1 is 1.52 bits per heavy atom. The van der Waals surface area contributed by atoms with Crippen LogP contribution in [0.15, 0.2) is 4.42 Å². The van der Waals surface area contributed by atoms with E-state index in [-0.39, 0.29) is 17.3 Å². The maximum atomic E-state index is 9.26. The van der Waals surface area contributed by atoms with Gasteiger partial charge in [0.1, 0.15) is 22.7 Å². The molecule has 3 rings (SSSR count). The molecule has 7 nitrogen and oxygen atoms in total. The van der Waals surface area contributed by atoms with Crippen molar-refractivity contribution >= 4 is 28.1 Å². The van der Waals surface area contributed by atoms with Crippen LogP contribution in [0.25, 0.3) is 0 Å². The zero-order chi connectivity index (χ0) is 15.0. The molecule has 0 unspecified atom stereocenters. The second kappa shape index (κ2) is 5.60. The maximum absolute atomic E-state index is 9.26. The van der Waals surface area contributed by atoms with Crippen molar-refractivity contribution in [3.05, 3.63) is 22.5 Å². The molecular weight excluding hydrogens is 314 g/mol. The van der Waals surface area contributed by atoms with E-state index in [4.69, 9.17) is 20.8 Å². The third-order valence-electron chi connectivity index (χ3n) is 3.43. The number of methoxy groups -OCH3 is 1. The smallest absolute Gasteiger partial charge is 0.238 e. The number of hydrogen-bond donors (Lipinski definition) is 0. The van der Waals surface area contributed by atoms with Gasteiger partial charge in [-0.15, -0.1) is 10.2 Å². The van der Waals surface area contributed by atoms with Gasteiger partial charge in [-0.1, -0.05) is 11.6 Å². The van der Waals surface area contributed by atoms with E-state index >= 15 is 0 Å². The van der Waals surface area contributed by atoms with Crippen molar-refractivity contribution in [3.8, 4) is 6.07 Å². The summed E-state index contributed by atoms with van der Waals surface area (Å²) in [6, 6.07) is 1.96. The summed E-state index contributed by atoms with van der Waals surface area (Å²) in [6.07, 6.45) is 0.730. The van der Waals surface area contributed by atoms with Crippen LogP contribution in [0, 0.1) is 18.3 Å². The summed E-state index contributed by atoms with van der Waals surface area (Å²) in [5, 5.41) is 18.1. The van der Waals surface area contributed by atoms with Gasteiger partial charge < -0.3 is 14.1 Å². The Bertz CT molecular complexity index is 694. The molecule has 0 radical (unpaired) electrons. The van der Waals surface area contributed by atoms with Crippen LogP contribution in [-0.4, -0.2) is 34.3 Å². The van der Waals surface area contributed by atoms with E-state index in [1.54, 1.807) is 14.0 Å². The van der Waals surface area contributed by atoms with Crippen LogP contribution >= 0.6 is 23.1 Å². The number of hydrogen-bond acceptors (Lipinski definition) is 8. The lowest BCUT2D eigenvalue weighted by molar-refractivity contribution is 0.117. The average Bonchev–Trinajstić information content (AvgIpc) is 3.16. The number of aryl methyl sites for hydroxylation is 1. The van der Waals surface area contributed by atoms with Crippen LogP contribution in [-0.2, 0) is 4.74 Å². The Hall–Kier alpha value is -1.69. The summed E-state index contributed by atoms with van der Waals surface area (Å²) in [5.41, 5.74) is 0.375. The molecule has 3 heterocycles. The summed E-state index contributed by atoms with van der Waals surface area (Å²) in [7, 11) is 1.66. The first kappa shape index (κ1) is 14.3. The number of aromatic nitrogens is 3. The molecule has 1 saturated heterocycles. The minimum Gasteiger partial charge on any atom is -0.423 e. The molecule has 0 aromatic carbocycles. The number of nitriles is 1. The Morgan fingerprint density at radius 3 is 2.95 bits per heavy atom. The molecular formula is C12H12ClN5O2S. The molecule has 0 saturated carbocycles. The van der Waals surface area contributed by atoms with Crippen LogP contribution in [0.1, 0.15) is 29.8 Å². The molecule has 0 bridgehead atoms. The van der Waals surface area contributed by atoms with E-state index < -0.39 is 0 Å². The van der Waals surface area contributed by atoms with Gasteiger partial charge in [0.05, 0.1) is 6.10 Å². The summed E-state index contributed by atoms with van der Waals surface area (Å²) < 4.78 is 15.0. The number of ether oxygens (including phenoxy) is 1. The van der Waals surface area contributed by atoms with Crippen LogP contribution in [0.2, 0.25) is 5.15 Å². The number of halogens is 1. The van der Waals surface area contributed by atoms with Crippen molar-refractivity contribution in [2.75, 3.05) is 18.6 Å². The Labute approximate surface area is 130 Å². The van der Waals surface area contributed by atoms with Gasteiger partial charge in [0.15, 0.2) is 5.15 Å². The van der Waals surface area contributed by atoms with Gasteiger partial charge in [-0.05, 0) is 11.5 Å². The molecule has 0 aliphatic carbocycles. The number of rotatable bonds is 3. The van der Waals surface area contributed by atoms with Gasteiger partial charge in [0, 0.05) is 27.0 Å². The molecule has 2 atom stereocenters. The highest BCUT2D eigenvalue weighted by Gasteiger charge is 2.39.